The van der Waals surface area contributed by atoms with E-state index in [4.69, 9.17) is 9.26 Å². The van der Waals surface area contributed by atoms with Gasteiger partial charge in [-0.2, -0.15) is 4.98 Å². The van der Waals surface area contributed by atoms with E-state index in [-0.39, 0.29) is 0 Å². The lowest BCUT2D eigenvalue weighted by Crippen LogP contribution is -2.37. The minimum Gasteiger partial charge on any atom is -0.493 e. The summed E-state index contributed by atoms with van der Waals surface area (Å²) < 4.78 is 11.2. The fourth-order valence-corrected chi connectivity index (χ4v) is 2.84. The van der Waals surface area contributed by atoms with E-state index in [1.165, 1.54) is 12.8 Å². The lowest BCUT2D eigenvalue weighted by atomic mass is 9.99. The molecule has 124 valence electrons. The molecule has 6 heteroatoms. The molecule has 0 radical (unpaired) electrons. The molecule has 6 nitrogen and oxygen atoms in total. The second-order valence-corrected chi connectivity index (χ2v) is 6.44. The van der Waals surface area contributed by atoms with Crippen molar-refractivity contribution in [2.24, 2.45) is 5.92 Å². The van der Waals surface area contributed by atoms with E-state index in [0.717, 1.165) is 37.8 Å². The zero-order valence-electron chi connectivity index (χ0n) is 13.8. The zero-order valence-corrected chi connectivity index (χ0v) is 13.8. The van der Waals surface area contributed by atoms with Crippen molar-refractivity contribution in [1.29, 1.82) is 0 Å². The van der Waals surface area contributed by atoms with Crippen LogP contribution in [0, 0.1) is 5.92 Å². The molecule has 0 N–H and O–H groups in total. The Morgan fingerprint density at radius 3 is 2.91 bits per heavy atom. The summed E-state index contributed by atoms with van der Waals surface area (Å²) >= 11 is 0. The van der Waals surface area contributed by atoms with Gasteiger partial charge >= 0.3 is 0 Å². The van der Waals surface area contributed by atoms with Crippen LogP contribution in [-0.2, 0) is 6.54 Å². The van der Waals surface area contributed by atoms with Crippen LogP contribution in [0.4, 0.5) is 0 Å². The molecule has 0 amide bonds. The van der Waals surface area contributed by atoms with E-state index in [0.29, 0.717) is 17.7 Å². The van der Waals surface area contributed by atoms with Crippen molar-refractivity contribution in [2.45, 2.75) is 39.2 Å². The highest BCUT2D eigenvalue weighted by atomic mass is 16.5. The summed E-state index contributed by atoms with van der Waals surface area (Å²) in [6.45, 7) is 7.69. The van der Waals surface area contributed by atoms with Crippen LogP contribution >= 0.6 is 0 Å². The van der Waals surface area contributed by atoms with Crippen molar-refractivity contribution in [3.05, 3.63) is 36.2 Å². The molecule has 0 aliphatic carbocycles. The molecule has 1 unspecified atom stereocenters. The number of hydrogen-bond acceptors (Lipinski definition) is 6. The Labute approximate surface area is 136 Å². The highest BCUT2D eigenvalue weighted by Crippen LogP contribution is 2.20. The molecule has 3 rings (SSSR count). The Bertz CT molecular complexity index is 600. The highest BCUT2D eigenvalue weighted by molar-refractivity contribution is 5.16. The second-order valence-electron chi connectivity index (χ2n) is 6.44. The second kappa shape index (κ2) is 7.55. The number of rotatable bonds is 6. The number of piperidine rings is 1. The average molecular weight is 316 g/mol. The van der Waals surface area contributed by atoms with Crippen LogP contribution in [0.1, 0.15) is 44.3 Å². The zero-order chi connectivity index (χ0) is 16.1. The third-order valence-electron chi connectivity index (χ3n) is 4.10. The maximum absolute atomic E-state index is 5.86. The quantitative estimate of drug-likeness (QED) is 0.816. The van der Waals surface area contributed by atoms with E-state index in [2.05, 4.69) is 33.9 Å². The van der Waals surface area contributed by atoms with Gasteiger partial charge in [-0.15, -0.1) is 0 Å². The minimum absolute atomic E-state index is 0.301. The summed E-state index contributed by atoms with van der Waals surface area (Å²) in [4.78, 5) is 10.8. The number of pyridine rings is 1. The molecule has 1 atom stereocenters. The molecule has 23 heavy (non-hydrogen) atoms. The molecule has 1 fully saturated rings. The summed E-state index contributed by atoms with van der Waals surface area (Å²) in [6.07, 6.45) is 5.88. The van der Waals surface area contributed by atoms with E-state index in [1.807, 2.05) is 12.1 Å². The monoisotopic (exact) mass is 316 g/mol. The number of ether oxygens (including phenoxy) is 1. The van der Waals surface area contributed by atoms with Crippen LogP contribution in [0.5, 0.6) is 5.75 Å². The van der Waals surface area contributed by atoms with Crippen LogP contribution in [0.25, 0.3) is 0 Å². The SMILES string of the molecule is CC(C)c1noc(CN2CCCC(COc3ccncc3)C2)n1. The normalized spacial score (nSPS) is 19.2. The van der Waals surface area contributed by atoms with Gasteiger partial charge < -0.3 is 9.26 Å². The van der Waals surface area contributed by atoms with Crippen LogP contribution in [0.15, 0.2) is 29.0 Å². The van der Waals surface area contributed by atoms with Crippen molar-refractivity contribution in [3.8, 4) is 5.75 Å². The summed E-state index contributed by atoms with van der Waals surface area (Å²) in [6, 6.07) is 3.79. The first-order valence-corrected chi connectivity index (χ1v) is 8.28. The van der Waals surface area contributed by atoms with Gasteiger partial charge in [-0.3, -0.25) is 9.88 Å². The fourth-order valence-electron chi connectivity index (χ4n) is 2.84. The maximum Gasteiger partial charge on any atom is 0.240 e. The van der Waals surface area contributed by atoms with Crippen LogP contribution in [0.3, 0.4) is 0 Å². The Balaban J connectivity index is 1.49. The molecular formula is C17H24N4O2. The predicted molar refractivity (Wildman–Crippen MR) is 86.1 cm³/mol. The largest absolute Gasteiger partial charge is 0.493 e. The van der Waals surface area contributed by atoms with Crippen molar-refractivity contribution >= 4 is 0 Å². The molecule has 1 aliphatic heterocycles. The van der Waals surface area contributed by atoms with E-state index >= 15 is 0 Å². The number of nitrogens with zero attached hydrogens (tertiary/aromatic N) is 4. The van der Waals surface area contributed by atoms with Gasteiger partial charge in [-0.1, -0.05) is 19.0 Å². The van der Waals surface area contributed by atoms with Gasteiger partial charge in [0, 0.05) is 30.8 Å². The lowest BCUT2D eigenvalue weighted by molar-refractivity contribution is 0.115. The maximum atomic E-state index is 5.86. The predicted octanol–water partition coefficient (Wildman–Crippen LogP) is 2.88. The Hall–Kier alpha value is -1.95. The lowest BCUT2D eigenvalue weighted by Gasteiger charge is -2.31. The molecule has 2 aromatic heterocycles. The van der Waals surface area contributed by atoms with E-state index in [1.54, 1.807) is 12.4 Å². The van der Waals surface area contributed by atoms with Gasteiger partial charge in [0.1, 0.15) is 5.75 Å². The van der Waals surface area contributed by atoms with Gasteiger partial charge in [-0.25, -0.2) is 0 Å². The summed E-state index contributed by atoms with van der Waals surface area (Å²) in [5.74, 6) is 3.22. The van der Waals surface area contributed by atoms with Crippen molar-refractivity contribution in [1.82, 2.24) is 20.0 Å². The van der Waals surface area contributed by atoms with Gasteiger partial charge in [0.05, 0.1) is 13.2 Å². The van der Waals surface area contributed by atoms with Gasteiger partial charge in [0.25, 0.3) is 0 Å². The fraction of sp³-hybridized carbons (Fsp3) is 0.588. The molecule has 1 saturated heterocycles. The molecule has 3 heterocycles. The topological polar surface area (TPSA) is 64.3 Å². The van der Waals surface area contributed by atoms with Gasteiger partial charge in [0.15, 0.2) is 5.82 Å². The Kier molecular flexibility index (Phi) is 5.23. The third-order valence-corrected chi connectivity index (χ3v) is 4.10. The number of hydrogen-bond donors (Lipinski definition) is 0. The van der Waals surface area contributed by atoms with Gasteiger partial charge in [-0.05, 0) is 31.5 Å². The molecule has 0 spiro atoms. The molecule has 0 bridgehead atoms. The molecule has 1 aliphatic rings. The standard InChI is InChI=1S/C17H24N4O2/c1-13(2)17-19-16(23-20-17)11-21-9-3-4-14(10-21)12-22-15-5-7-18-8-6-15/h5-8,13-14H,3-4,9-12H2,1-2H3. The van der Waals surface area contributed by atoms with E-state index in [9.17, 15) is 0 Å². The van der Waals surface area contributed by atoms with Crippen molar-refractivity contribution in [3.63, 3.8) is 0 Å². The first-order valence-electron chi connectivity index (χ1n) is 8.28. The summed E-state index contributed by atoms with van der Waals surface area (Å²) in [7, 11) is 0. The molecule has 0 aromatic carbocycles. The summed E-state index contributed by atoms with van der Waals surface area (Å²) in [5.41, 5.74) is 0. The van der Waals surface area contributed by atoms with Crippen LogP contribution in [-0.4, -0.2) is 39.7 Å². The van der Waals surface area contributed by atoms with E-state index < -0.39 is 0 Å². The minimum atomic E-state index is 0.301. The first kappa shape index (κ1) is 15.9. The van der Waals surface area contributed by atoms with Crippen LogP contribution < -0.4 is 4.74 Å². The van der Waals surface area contributed by atoms with Crippen LogP contribution in [0.2, 0.25) is 0 Å². The van der Waals surface area contributed by atoms with Crippen molar-refractivity contribution < 1.29 is 9.26 Å². The van der Waals surface area contributed by atoms with Gasteiger partial charge in [0.2, 0.25) is 5.89 Å². The van der Waals surface area contributed by atoms with Crippen molar-refractivity contribution in [2.75, 3.05) is 19.7 Å². The highest BCUT2D eigenvalue weighted by Gasteiger charge is 2.22. The molecular weight excluding hydrogens is 292 g/mol. The third kappa shape index (κ3) is 4.51. The average Bonchev–Trinajstić information content (AvgIpc) is 3.03. The number of aromatic nitrogens is 3. The molecule has 2 aromatic rings. The first-order chi connectivity index (χ1) is 11.2. The smallest absolute Gasteiger partial charge is 0.240 e. The summed E-state index contributed by atoms with van der Waals surface area (Å²) in [5, 5.41) is 4.03. The Morgan fingerprint density at radius 2 is 2.17 bits per heavy atom. The number of likely N-dealkylation sites (tertiary alicyclic amines) is 1. The Morgan fingerprint density at radius 1 is 1.35 bits per heavy atom. The molecule has 0 saturated carbocycles.